The Morgan fingerprint density at radius 2 is 1.22 bits per heavy atom. The van der Waals surface area contributed by atoms with Gasteiger partial charge in [-0.2, -0.15) is 0 Å². The lowest BCUT2D eigenvalue weighted by Gasteiger charge is -2.35. The second kappa shape index (κ2) is 2.81. The van der Waals surface area contributed by atoms with Gasteiger partial charge in [0.1, 0.15) is 8.24 Å². The third-order valence-electron chi connectivity index (χ3n) is 1.57. The molecule has 0 fully saturated rings. The van der Waals surface area contributed by atoms with Gasteiger partial charge in [-0.25, -0.2) is 0 Å². The van der Waals surface area contributed by atoms with Crippen molar-refractivity contribution in [2.24, 2.45) is 0 Å². The van der Waals surface area contributed by atoms with Crippen molar-refractivity contribution in [1.82, 2.24) is 9.68 Å². The van der Waals surface area contributed by atoms with E-state index in [2.05, 4.69) is 50.5 Å². The molecule has 0 aliphatic carbocycles. The van der Waals surface area contributed by atoms with Gasteiger partial charge < -0.3 is 0 Å². The standard InChI is InChI=1S/C6H18N2Si/c1-7(2)8(3)9(4,5)6/h1-6H3. The summed E-state index contributed by atoms with van der Waals surface area (Å²) in [6.45, 7) is 6.98. The van der Waals surface area contributed by atoms with Gasteiger partial charge in [0.25, 0.3) is 0 Å². The summed E-state index contributed by atoms with van der Waals surface area (Å²) in [4.78, 5) is 0. The summed E-state index contributed by atoms with van der Waals surface area (Å²) < 4.78 is 2.33. The Hall–Kier alpha value is 0.137. The lowest BCUT2D eigenvalue weighted by atomic mass is 11.1. The van der Waals surface area contributed by atoms with Crippen molar-refractivity contribution in [3.05, 3.63) is 0 Å². The first-order chi connectivity index (χ1) is 3.85. The lowest BCUT2D eigenvalue weighted by molar-refractivity contribution is 0.148. The largest absolute Gasteiger partial charge is 0.267 e. The Bertz CT molecular complexity index is 85.5. The molecule has 0 N–H and O–H groups in total. The van der Waals surface area contributed by atoms with E-state index < -0.39 is 8.24 Å². The number of nitrogens with zero attached hydrogens (tertiary/aromatic N) is 2. The van der Waals surface area contributed by atoms with Gasteiger partial charge in [-0.3, -0.25) is 9.68 Å². The molecule has 0 amide bonds. The van der Waals surface area contributed by atoms with E-state index >= 15 is 0 Å². The van der Waals surface area contributed by atoms with Gasteiger partial charge in [0.05, 0.1) is 0 Å². The topological polar surface area (TPSA) is 6.48 Å². The van der Waals surface area contributed by atoms with Gasteiger partial charge in [0.2, 0.25) is 0 Å². The van der Waals surface area contributed by atoms with Gasteiger partial charge >= 0.3 is 0 Å². The van der Waals surface area contributed by atoms with Gasteiger partial charge in [-0.1, -0.05) is 19.6 Å². The van der Waals surface area contributed by atoms with E-state index in [-0.39, 0.29) is 0 Å². The molecule has 0 atom stereocenters. The summed E-state index contributed by atoms with van der Waals surface area (Å²) in [5.74, 6) is 0. The molecular weight excluding hydrogens is 128 g/mol. The highest BCUT2D eigenvalue weighted by Gasteiger charge is 2.20. The minimum absolute atomic E-state index is 1.06. The molecule has 0 saturated heterocycles. The van der Waals surface area contributed by atoms with Crippen LogP contribution in [0.3, 0.4) is 0 Å². The Kier molecular flexibility index (Phi) is 2.86. The van der Waals surface area contributed by atoms with Crippen molar-refractivity contribution >= 4 is 8.24 Å². The van der Waals surface area contributed by atoms with E-state index in [4.69, 9.17) is 0 Å². The van der Waals surface area contributed by atoms with Crippen molar-refractivity contribution in [3.63, 3.8) is 0 Å². The van der Waals surface area contributed by atoms with Crippen LogP contribution in [0.15, 0.2) is 0 Å². The van der Waals surface area contributed by atoms with Crippen LogP contribution in [0, 0.1) is 0 Å². The highest BCUT2D eigenvalue weighted by Crippen LogP contribution is 2.06. The van der Waals surface area contributed by atoms with Crippen molar-refractivity contribution < 1.29 is 0 Å². The highest BCUT2D eigenvalue weighted by atomic mass is 28.3. The number of hydrogen-bond donors (Lipinski definition) is 0. The smallest absolute Gasteiger partial charge is 0.136 e. The second-order valence-electron chi connectivity index (χ2n) is 3.54. The van der Waals surface area contributed by atoms with Crippen LogP contribution >= 0.6 is 0 Å². The zero-order valence-corrected chi connectivity index (χ0v) is 8.39. The highest BCUT2D eigenvalue weighted by molar-refractivity contribution is 6.73. The molecular formula is C6H18N2Si. The molecule has 0 aromatic rings. The first kappa shape index (κ1) is 9.14. The van der Waals surface area contributed by atoms with Crippen molar-refractivity contribution in [2.45, 2.75) is 19.6 Å². The predicted octanol–water partition coefficient (Wildman–Crippen LogP) is 1.23. The molecule has 56 valence electrons. The minimum atomic E-state index is -1.06. The van der Waals surface area contributed by atoms with Crippen molar-refractivity contribution in [3.8, 4) is 0 Å². The zero-order valence-electron chi connectivity index (χ0n) is 7.39. The lowest BCUT2D eigenvalue weighted by Crippen LogP contribution is -2.50. The maximum atomic E-state index is 2.33. The molecule has 9 heavy (non-hydrogen) atoms. The maximum absolute atomic E-state index is 2.33. The Morgan fingerprint density at radius 1 is 0.889 bits per heavy atom. The van der Waals surface area contributed by atoms with Crippen LogP contribution in [-0.4, -0.2) is 39.1 Å². The van der Waals surface area contributed by atoms with Gasteiger partial charge in [-0.05, 0) is 7.05 Å². The average Bonchev–Trinajstić information content (AvgIpc) is 1.62. The summed E-state index contributed by atoms with van der Waals surface area (Å²) in [6, 6.07) is 0. The molecule has 0 aliphatic rings. The molecule has 0 bridgehead atoms. The predicted molar refractivity (Wildman–Crippen MR) is 44.8 cm³/mol. The summed E-state index contributed by atoms with van der Waals surface area (Å²) in [5, 5.41) is 2.15. The van der Waals surface area contributed by atoms with E-state index in [0.717, 1.165) is 0 Å². The van der Waals surface area contributed by atoms with Crippen LogP contribution in [0.2, 0.25) is 19.6 Å². The summed E-state index contributed by atoms with van der Waals surface area (Å²) in [6.07, 6.45) is 0. The molecule has 0 saturated carbocycles. The fraction of sp³-hybridized carbons (Fsp3) is 1.00. The van der Waals surface area contributed by atoms with Crippen LogP contribution in [0.5, 0.6) is 0 Å². The van der Waals surface area contributed by atoms with Crippen molar-refractivity contribution in [1.29, 1.82) is 0 Å². The third kappa shape index (κ3) is 2.98. The second-order valence-corrected chi connectivity index (χ2v) is 8.53. The van der Waals surface area contributed by atoms with Gasteiger partial charge in [0, 0.05) is 14.1 Å². The molecule has 2 nitrogen and oxygen atoms in total. The Balaban J connectivity index is 3.88. The SMILES string of the molecule is CN(C)N(C)[Si](C)(C)C. The summed E-state index contributed by atoms with van der Waals surface area (Å²) >= 11 is 0. The molecule has 0 radical (unpaired) electrons. The van der Waals surface area contributed by atoms with Crippen LogP contribution in [-0.2, 0) is 0 Å². The molecule has 0 aromatic heterocycles. The van der Waals surface area contributed by atoms with Crippen molar-refractivity contribution in [2.75, 3.05) is 21.1 Å². The fourth-order valence-electron chi connectivity index (χ4n) is 0.600. The van der Waals surface area contributed by atoms with Gasteiger partial charge in [0.15, 0.2) is 0 Å². The molecule has 0 rings (SSSR count). The molecule has 0 aromatic carbocycles. The van der Waals surface area contributed by atoms with E-state index in [1.807, 2.05) is 0 Å². The number of rotatable bonds is 2. The van der Waals surface area contributed by atoms with Crippen LogP contribution in [0.25, 0.3) is 0 Å². The molecule has 0 aliphatic heterocycles. The zero-order chi connectivity index (χ0) is 7.65. The molecule has 3 heteroatoms. The fourth-order valence-corrected chi connectivity index (χ4v) is 1.80. The van der Waals surface area contributed by atoms with E-state index in [1.54, 1.807) is 0 Å². The Morgan fingerprint density at radius 3 is 1.22 bits per heavy atom. The van der Waals surface area contributed by atoms with E-state index in [1.165, 1.54) is 0 Å². The Labute approximate surface area is 59.5 Å². The molecule has 0 unspecified atom stereocenters. The molecule has 0 heterocycles. The average molecular weight is 146 g/mol. The summed E-state index contributed by atoms with van der Waals surface area (Å²) in [5.41, 5.74) is 0. The van der Waals surface area contributed by atoms with E-state index in [0.29, 0.717) is 0 Å². The number of hydrogen-bond acceptors (Lipinski definition) is 2. The van der Waals surface area contributed by atoms with Crippen LogP contribution in [0.1, 0.15) is 0 Å². The normalized spacial score (nSPS) is 13.3. The van der Waals surface area contributed by atoms with Crippen LogP contribution in [0.4, 0.5) is 0 Å². The molecule has 0 spiro atoms. The van der Waals surface area contributed by atoms with Gasteiger partial charge in [-0.15, -0.1) is 0 Å². The third-order valence-corrected chi connectivity index (χ3v) is 3.91. The number of hydrazine groups is 1. The van der Waals surface area contributed by atoms with Crippen LogP contribution < -0.4 is 0 Å². The monoisotopic (exact) mass is 146 g/mol. The van der Waals surface area contributed by atoms with E-state index in [9.17, 15) is 0 Å². The quantitative estimate of drug-likeness (QED) is 0.427. The first-order valence-electron chi connectivity index (χ1n) is 3.27. The summed E-state index contributed by atoms with van der Waals surface area (Å²) in [7, 11) is 5.24. The first-order valence-corrected chi connectivity index (χ1v) is 6.71. The minimum Gasteiger partial charge on any atom is -0.267 e. The maximum Gasteiger partial charge on any atom is 0.136 e.